The van der Waals surface area contributed by atoms with E-state index in [9.17, 15) is 9.59 Å². The SMILES string of the molecule is Cc1cc(N2CCN(C(=O)C3CC(=O)N(c4ccc(Cl)cc4)C3)CC2)nc(N2CCCC2)n1. The van der Waals surface area contributed by atoms with E-state index in [0.717, 1.165) is 49.3 Å². The lowest BCUT2D eigenvalue weighted by Crippen LogP contribution is -2.51. The summed E-state index contributed by atoms with van der Waals surface area (Å²) in [5, 5.41) is 0.627. The maximum Gasteiger partial charge on any atom is 0.228 e. The molecule has 33 heavy (non-hydrogen) atoms. The lowest BCUT2D eigenvalue weighted by Gasteiger charge is -2.36. The number of carbonyl (C=O) groups excluding carboxylic acids is 2. The van der Waals surface area contributed by atoms with Crippen LogP contribution in [-0.2, 0) is 9.59 Å². The molecule has 0 N–H and O–H groups in total. The number of anilines is 3. The minimum Gasteiger partial charge on any atom is -0.353 e. The first-order valence-corrected chi connectivity index (χ1v) is 12.1. The first-order valence-electron chi connectivity index (χ1n) is 11.7. The molecule has 1 aromatic carbocycles. The number of aromatic nitrogens is 2. The van der Waals surface area contributed by atoms with Gasteiger partial charge in [-0.2, -0.15) is 4.98 Å². The molecule has 0 bridgehead atoms. The summed E-state index contributed by atoms with van der Waals surface area (Å²) in [6.07, 6.45) is 2.63. The molecule has 3 aliphatic rings. The second-order valence-corrected chi connectivity index (χ2v) is 9.49. The number of nitrogens with zero attached hydrogens (tertiary/aromatic N) is 6. The van der Waals surface area contributed by atoms with Gasteiger partial charge in [-0.3, -0.25) is 9.59 Å². The molecule has 1 atom stereocenters. The highest BCUT2D eigenvalue weighted by Crippen LogP contribution is 2.28. The van der Waals surface area contributed by atoms with Crippen molar-refractivity contribution in [2.24, 2.45) is 5.92 Å². The van der Waals surface area contributed by atoms with Gasteiger partial charge in [0, 0.05) is 74.7 Å². The fourth-order valence-electron chi connectivity index (χ4n) is 4.91. The number of rotatable bonds is 4. The van der Waals surface area contributed by atoms with E-state index in [2.05, 4.69) is 14.8 Å². The molecule has 8 nitrogen and oxygen atoms in total. The summed E-state index contributed by atoms with van der Waals surface area (Å²) in [6, 6.07) is 9.21. The highest BCUT2D eigenvalue weighted by Gasteiger charge is 2.38. The molecule has 2 amide bonds. The number of amides is 2. The Morgan fingerprint density at radius 1 is 0.970 bits per heavy atom. The molecule has 0 aliphatic carbocycles. The predicted molar refractivity (Wildman–Crippen MR) is 129 cm³/mol. The molecular weight excluding hydrogens is 440 g/mol. The number of aryl methyl sites for hydroxylation is 1. The van der Waals surface area contributed by atoms with Crippen molar-refractivity contribution in [1.82, 2.24) is 14.9 Å². The maximum atomic E-state index is 13.2. The Labute approximate surface area is 199 Å². The molecule has 5 rings (SSSR count). The Balaban J connectivity index is 1.20. The third kappa shape index (κ3) is 4.62. The second kappa shape index (κ2) is 9.17. The number of carbonyl (C=O) groups is 2. The minimum atomic E-state index is -0.303. The second-order valence-electron chi connectivity index (χ2n) is 9.06. The van der Waals surface area contributed by atoms with Crippen LogP contribution < -0.4 is 14.7 Å². The van der Waals surface area contributed by atoms with E-state index in [1.165, 1.54) is 12.8 Å². The standard InChI is InChI=1S/C24H29ClN6O2/c1-17-14-21(27-24(26-17)30-8-2-3-9-30)28-10-12-29(13-11-28)23(33)18-15-22(32)31(16-18)20-6-4-19(25)5-7-20/h4-7,14,18H,2-3,8-13,15-16H2,1H3. The van der Waals surface area contributed by atoms with Crippen LogP contribution in [0.15, 0.2) is 30.3 Å². The van der Waals surface area contributed by atoms with Crippen LogP contribution in [0, 0.1) is 12.8 Å². The van der Waals surface area contributed by atoms with Gasteiger partial charge in [-0.25, -0.2) is 4.98 Å². The van der Waals surface area contributed by atoms with Gasteiger partial charge in [0.1, 0.15) is 5.82 Å². The largest absolute Gasteiger partial charge is 0.353 e. The highest BCUT2D eigenvalue weighted by atomic mass is 35.5. The summed E-state index contributed by atoms with van der Waals surface area (Å²) >= 11 is 5.96. The molecule has 3 aliphatic heterocycles. The molecule has 1 unspecified atom stereocenters. The molecule has 9 heteroatoms. The minimum absolute atomic E-state index is 0.0137. The van der Waals surface area contributed by atoms with Gasteiger partial charge in [0.15, 0.2) is 0 Å². The summed E-state index contributed by atoms with van der Waals surface area (Å²) < 4.78 is 0. The Bertz CT molecular complexity index is 1030. The van der Waals surface area contributed by atoms with Crippen LogP contribution in [0.2, 0.25) is 5.02 Å². The number of piperazine rings is 1. The fraction of sp³-hybridized carbons (Fsp3) is 0.500. The number of benzene rings is 1. The molecule has 1 aromatic heterocycles. The lowest BCUT2D eigenvalue weighted by atomic mass is 10.1. The third-order valence-corrected chi connectivity index (χ3v) is 7.00. The van der Waals surface area contributed by atoms with Gasteiger partial charge in [-0.1, -0.05) is 11.6 Å². The van der Waals surface area contributed by atoms with Crippen LogP contribution >= 0.6 is 11.6 Å². The number of hydrogen-bond acceptors (Lipinski definition) is 6. The van der Waals surface area contributed by atoms with Crippen molar-refractivity contribution in [3.8, 4) is 0 Å². The van der Waals surface area contributed by atoms with Crippen molar-refractivity contribution in [3.05, 3.63) is 41.0 Å². The van der Waals surface area contributed by atoms with Gasteiger partial charge in [0.05, 0.1) is 5.92 Å². The Kier molecular flexibility index (Phi) is 6.10. The van der Waals surface area contributed by atoms with Crippen molar-refractivity contribution < 1.29 is 9.59 Å². The van der Waals surface area contributed by atoms with Crippen LogP contribution in [0.5, 0.6) is 0 Å². The molecular formula is C24H29ClN6O2. The molecule has 4 heterocycles. The maximum absolute atomic E-state index is 13.2. The molecule has 3 fully saturated rings. The number of halogens is 1. The average Bonchev–Trinajstić information content (AvgIpc) is 3.49. The zero-order valence-corrected chi connectivity index (χ0v) is 19.7. The van der Waals surface area contributed by atoms with Gasteiger partial charge < -0.3 is 19.6 Å². The Morgan fingerprint density at radius 3 is 2.36 bits per heavy atom. The van der Waals surface area contributed by atoms with Crippen LogP contribution in [0.3, 0.4) is 0 Å². The lowest BCUT2D eigenvalue weighted by molar-refractivity contribution is -0.136. The number of hydrogen-bond donors (Lipinski definition) is 0. The van der Waals surface area contributed by atoms with Gasteiger partial charge in [-0.05, 0) is 44.0 Å². The topological polar surface area (TPSA) is 72.9 Å². The normalized spacial score (nSPS) is 21.3. The fourth-order valence-corrected chi connectivity index (χ4v) is 5.04. The summed E-state index contributed by atoms with van der Waals surface area (Å²) in [7, 11) is 0. The van der Waals surface area contributed by atoms with E-state index < -0.39 is 0 Å². The molecule has 0 radical (unpaired) electrons. The van der Waals surface area contributed by atoms with Crippen molar-refractivity contribution in [2.45, 2.75) is 26.2 Å². The van der Waals surface area contributed by atoms with E-state index >= 15 is 0 Å². The van der Waals surface area contributed by atoms with Gasteiger partial charge in [-0.15, -0.1) is 0 Å². The molecule has 0 spiro atoms. The van der Waals surface area contributed by atoms with Crippen LogP contribution in [0.1, 0.15) is 25.0 Å². The smallest absolute Gasteiger partial charge is 0.228 e. The summed E-state index contributed by atoms with van der Waals surface area (Å²) in [4.78, 5) is 43.3. The monoisotopic (exact) mass is 468 g/mol. The first kappa shape index (κ1) is 21.9. The summed E-state index contributed by atoms with van der Waals surface area (Å²) in [6.45, 7) is 7.17. The summed E-state index contributed by atoms with van der Waals surface area (Å²) in [5.74, 6) is 1.49. The summed E-state index contributed by atoms with van der Waals surface area (Å²) in [5.41, 5.74) is 1.75. The molecule has 2 aromatic rings. The van der Waals surface area contributed by atoms with Crippen molar-refractivity contribution >= 4 is 40.9 Å². The van der Waals surface area contributed by atoms with Crippen LogP contribution in [-0.4, -0.2) is 72.5 Å². The van der Waals surface area contributed by atoms with Crippen molar-refractivity contribution in [1.29, 1.82) is 0 Å². The van der Waals surface area contributed by atoms with E-state index in [1.54, 1.807) is 17.0 Å². The van der Waals surface area contributed by atoms with Crippen LogP contribution in [0.25, 0.3) is 0 Å². The van der Waals surface area contributed by atoms with Gasteiger partial charge in [0.25, 0.3) is 0 Å². The van der Waals surface area contributed by atoms with Crippen LogP contribution in [0.4, 0.5) is 17.5 Å². The highest BCUT2D eigenvalue weighted by molar-refractivity contribution is 6.30. The molecule has 3 saturated heterocycles. The van der Waals surface area contributed by atoms with Gasteiger partial charge >= 0.3 is 0 Å². The Hall–Kier alpha value is -2.87. The quantitative estimate of drug-likeness (QED) is 0.687. The zero-order chi connectivity index (χ0) is 22.9. The van der Waals surface area contributed by atoms with E-state index in [4.69, 9.17) is 16.6 Å². The predicted octanol–water partition coefficient (Wildman–Crippen LogP) is 2.74. The van der Waals surface area contributed by atoms with Crippen molar-refractivity contribution in [3.63, 3.8) is 0 Å². The average molecular weight is 469 g/mol. The zero-order valence-electron chi connectivity index (χ0n) is 18.9. The first-order chi connectivity index (χ1) is 16.0. The van der Waals surface area contributed by atoms with E-state index in [1.807, 2.05) is 30.0 Å². The van der Waals surface area contributed by atoms with E-state index in [0.29, 0.717) is 24.7 Å². The van der Waals surface area contributed by atoms with Gasteiger partial charge in [0.2, 0.25) is 17.8 Å². The molecule has 174 valence electrons. The van der Waals surface area contributed by atoms with Crippen molar-refractivity contribution in [2.75, 3.05) is 60.5 Å². The Morgan fingerprint density at radius 2 is 1.67 bits per heavy atom. The third-order valence-electron chi connectivity index (χ3n) is 6.75. The van der Waals surface area contributed by atoms with E-state index in [-0.39, 0.29) is 24.2 Å². The molecule has 0 saturated carbocycles.